The molecule has 0 radical (unpaired) electrons. The molecule has 0 heterocycles. The molecule has 0 aliphatic heterocycles. The van der Waals surface area contributed by atoms with Gasteiger partial charge in [-0.3, -0.25) is 14.4 Å². The van der Waals surface area contributed by atoms with Gasteiger partial charge >= 0.3 is 0 Å². The molecule has 3 amide bonds. The van der Waals surface area contributed by atoms with E-state index in [0.717, 1.165) is 11.1 Å². The van der Waals surface area contributed by atoms with Crippen LogP contribution in [-0.2, 0) is 36.9 Å². The molecule has 2 atom stereocenters. The zero-order valence-electron chi connectivity index (χ0n) is 23.8. The van der Waals surface area contributed by atoms with E-state index < -0.39 is 29.4 Å². The number of ether oxygens (including phenoxy) is 3. The summed E-state index contributed by atoms with van der Waals surface area (Å²) in [6.45, 7) is 3.72. The maximum atomic E-state index is 13.8. The molecule has 0 unspecified atom stereocenters. The number of carbonyl (C=O) groups is 3. The first kappa shape index (κ1) is 31.7. The highest BCUT2D eigenvalue weighted by Gasteiger charge is 2.35. The van der Waals surface area contributed by atoms with Crippen molar-refractivity contribution in [3.8, 4) is 5.75 Å². The highest BCUT2D eigenvalue weighted by Crippen LogP contribution is 2.16. The number of nitrogens with two attached hydrogens (primary N) is 1. The zero-order valence-corrected chi connectivity index (χ0v) is 23.8. The average molecular weight is 543 g/mol. The molecule has 0 aliphatic carbocycles. The van der Waals surface area contributed by atoms with Gasteiger partial charge in [0.2, 0.25) is 17.7 Å². The molecule has 2 aromatic carbocycles. The van der Waals surface area contributed by atoms with Crippen molar-refractivity contribution < 1.29 is 28.6 Å². The third-order valence-corrected chi connectivity index (χ3v) is 6.19. The largest absolute Gasteiger partial charge is 0.497 e. The molecule has 2 rings (SSSR count). The minimum absolute atomic E-state index is 0.0638. The number of hydrogen-bond donors (Lipinski definition) is 2. The Morgan fingerprint density at radius 2 is 1.56 bits per heavy atom. The van der Waals surface area contributed by atoms with Crippen LogP contribution in [0.4, 0.5) is 0 Å². The Morgan fingerprint density at radius 1 is 0.923 bits per heavy atom. The van der Waals surface area contributed by atoms with E-state index in [9.17, 15) is 14.4 Å². The monoisotopic (exact) mass is 542 g/mol. The number of rotatable bonds is 15. The molecule has 0 aromatic heterocycles. The van der Waals surface area contributed by atoms with E-state index in [1.54, 1.807) is 40.1 Å². The van der Waals surface area contributed by atoms with Crippen molar-refractivity contribution in [2.24, 2.45) is 5.73 Å². The minimum atomic E-state index is -0.983. The Labute approximate surface area is 231 Å². The summed E-state index contributed by atoms with van der Waals surface area (Å²) < 4.78 is 16.6. The second-order valence-electron chi connectivity index (χ2n) is 10.1. The molecule has 214 valence electrons. The molecule has 0 aliphatic rings. The number of nitrogens with one attached hydrogen (secondary N) is 1. The van der Waals surface area contributed by atoms with Crippen molar-refractivity contribution in [1.82, 2.24) is 15.1 Å². The first-order valence-electron chi connectivity index (χ1n) is 12.8. The molecule has 3 N–H and O–H groups in total. The van der Waals surface area contributed by atoms with Crippen LogP contribution < -0.4 is 15.8 Å². The first-order valence-corrected chi connectivity index (χ1v) is 12.8. The summed E-state index contributed by atoms with van der Waals surface area (Å²) in [5, 5.41) is 2.64. The normalized spacial score (nSPS) is 12.8. The van der Waals surface area contributed by atoms with E-state index in [-0.39, 0.29) is 38.8 Å². The number of amides is 3. The molecule has 2 aromatic rings. The van der Waals surface area contributed by atoms with Crippen LogP contribution in [0.25, 0.3) is 0 Å². The van der Waals surface area contributed by atoms with Crippen LogP contribution >= 0.6 is 0 Å². The number of carbonyl (C=O) groups excluding carboxylic acids is 3. The summed E-state index contributed by atoms with van der Waals surface area (Å²) in [5.74, 6) is -0.468. The molecule has 10 heteroatoms. The van der Waals surface area contributed by atoms with E-state index >= 15 is 0 Å². The van der Waals surface area contributed by atoms with E-state index in [4.69, 9.17) is 19.9 Å². The van der Waals surface area contributed by atoms with Gasteiger partial charge < -0.3 is 35.1 Å². The lowest BCUT2D eigenvalue weighted by Gasteiger charge is -2.34. The number of likely N-dealkylation sites (N-methyl/N-ethyl adjacent to an activating group) is 3. The Kier molecular flexibility index (Phi) is 12.4. The maximum Gasteiger partial charge on any atom is 0.249 e. The van der Waals surface area contributed by atoms with Gasteiger partial charge in [0, 0.05) is 33.1 Å². The summed E-state index contributed by atoms with van der Waals surface area (Å²) >= 11 is 0. The van der Waals surface area contributed by atoms with Crippen molar-refractivity contribution in [2.45, 2.75) is 44.5 Å². The molecular formula is C29H42N4O6. The number of methoxy groups -OCH3 is 1. The third kappa shape index (κ3) is 10.3. The van der Waals surface area contributed by atoms with Gasteiger partial charge in [-0.25, -0.2) is 0 Å². The molecule has 10 nitrogen and oxygen atoms in total. The Morgan fingerprint density at radius 3 is 2.13 bits per heavy atom. The van der Waals surface area contributed by atoms with Gasteiger partial charge in [0.1, 0.15) is 24.4 Å². The quantitative estimate of drug-likeness (QED) is 0.351. The third-order valence-electron chi connectivity index (χ3n) is 6.19. The topological polar surface area (TPSA) is 123 Å². The highest BCUT2D eigenvalue weighted by atomic mass is 16.5. The van der Waals surface area contributed by atoms with Gasteiger partial charge in [-0.15, -0.1) is 0 Å². The molecule has 0 saturated heterocycles. The fourth-order valence-corrected chi connectivity index (χ4v) is 3.83. The highest BCUT2D eigenvalue weighted by molar-refractivity contribution is 5.92. The van der Waals surface area contributed by atoms with Gasteiger partial charge in [-0.2, -0.15) is 0 Å². The standard InChI is InChI=1S/C29H42N4O6/c1-29(2,30)20-39-19-26(34)32(4)25(18-38-17-22-10-8-7-9-11-22)28(36)33(5)24(27(35)31-3)16-21-12-14-23(37-6)15-13-21/h7-15,24-25H,16-20,30H2,1-6H3,(H,31,35)/t24-,25-/m1/s1. The van der Waals surface area contributed by atoms with Gasteiger partial charge in [-0.05, 0) is 37.1 Å². The second-order valence-corrected chi connectivity index (χ2v) is 10.1. The molecular weight excluding hydrogens is 500 g/mol. The van der Waals surface area contributed by atoms with Crippen LogP contribution in [0.5, 0.6) is 5.75 Å². The predicted octanol–water partition coefficient (Wildman–Crippen LogP) is 1.61. The number of hydrogen-bond acceptors (Lipinski definition) is 7. The van der Waals surface area contributed by atoms with Crippen molar-refractivity contribution >= 4 is 17.7 Å². The van der Waals surface area contributed by atoms with E-state index in [0.29, 0.717) is 5.75 Å². The summed E-state index contributed by atoms with van der Waals surface area (Å²) in [6.07, 6.45) is 0.274. The number of nitrogens with zero attached hydrogens (tertiary/aromatic N) is 2. The van der Waals surface area contributed by atoms with Crippen LogP contribution in [0, 0.1) is 0 Å². The van der Waals surface area contributed by atoms with E-state index in [2.05, 4.69) is 5.32 Å². The smallest absolute Gasteiger partial charge is 0.249 e. The van der Waals surface area contributed by atoms with Crippen molar-refractivity contribution in [2.75, 3.05) is 48.1 Å². The maximum absolute atomic E-state index is 13.8. The summed E-state index contributed by atoms with van der Waals surface area (Å²) in [7, 11) is 6.18. The summed E-state index contributed by atoms with van der Waals surface area (Å²) in [4.78, 5) is 42.3. The van der Waals surface area contributed by atoms with Crippen LogP contribution in [0.15, 0.2) is 54.6 Å². The summed E-state index contributed by atoms with van der Waals surface area (Å²) in [5.41, 5.74) is 7.13. The van der Waals surface area contributed by atoms with Crippen molar-refractivity contribution in [3.63, 3.8) is 0 Å². The van der Waals surface area contributed by atoms with Crippen LogP contribution in [0.1, 0.15) is 25.0 Å². The SMILES string of the molecule is CNC(=O)[C@@H](Cc1ccc(OC)cc1)N(C)C(=O)[C@@H](COCc1ccccc1)N(C)C(=O)COCC(C)(C)N. The number of benzene rings is 2. The van der Waals surface area contributed by atoms with Crippen molar-refractivity contribution in [3.05, 3.63) is 65.7 Å². The predicted molar refractivity (Wildman–Crippen MR) is 149 cm³/mol. The van der Waals surface area contributed by atoms with Crippen molar-refractivity contribution in [1.29, 1.82) is 0 Å². The average Bonchev–Trinajstić information content (AvgIpc) is 2.92. The Bertz CT molecular complexity index is 1060. The first-order chi connectivity index (χ1) is 18.5. The van der Waals surface area contributed by atoms with Gasteiger partial charge in [0.25, 0.3) is 0 Å². The zero-order chi connectivity index (χ0) is 29.0. The molecule has 0 spiro atoms. The van der Waals surface area contributed by atoms with Gasteiger partial charge in [-0.1, -0.05) is 42.5 Å². The van der Waals surface area contributed by atoms with Gasteiger partial charge in [0.05, 0.1) is 26.9 Å². The lowest BCUT2D eigenvalue weighted by atomic mass is 10.0. The second kappa shape index (κ2) is 15.2. The molecule has 0 bridgehead atoms. The lowest BCUT2D eigenvalue weighted by Crippen LogP contribution is -2.56. The molecule has 39 heavy (non-hydrogen) atoms. The molecule has 0 fully saturated rings. The van der Waals surface area contributed by atoms with E-state index in [1.165, 1.54) is 23.9 Å². The van der Waals surface area contributed by atoms with Gasteiger partial charge in [0.15, 0.2) is 0 Å². The van der Waals surface area contributed by atoms with Crippen LogP contribution in [-0.4, -0.2) is 93.2 Å². The van der Waals surface area contributed by atoms with Crippen LogP contribution in [0.2, 0.25) is 0 Å². The fraction of sp³-hybridized carbons (Fsp3) is 0.483. The minimum Gasteiger partial charge on any atom is -0.497 e. The van der Waals surface area contributed by atoms with Crippen LogP contribution in [0.3, 0.4) is 0 Å². The lowest BCUT2D eigenvalue weighted by molar-refractivity contribution is -0.152. The van der Waals surface area contributed by atoms with E-state index in [1.807, 2.05) is 42.5 Å². The summed E-state index contributed by atoms with van der Waals surface area (Å²) in [6, 6.07) is 15.0. The Hall–Kier alpha value is -3.47. The fourth-order valence-electron chi connectivity index (χ4n) is 3.83. The Balaban J connectivity index is 2.22. The molecule has 0 saturated carbocycles.